The zero-order valence-corrected chi connectivity index (χ0v) is 19.8. The highest BCUT2D eigenvalue weighted by Crippen LogP contribution is 2.36. The summed E-state index contributed by atoms with van der Waals surface area (Å²) < 4.78 is 17.3. The van der Waals surface area contributed by atoms with Crippen LogP contribution in [0.5, 0.6) is 0 Å². The Bertz CT molecular complexity index is 1260. The van der Waals surface area contributed by atoms with Crippen molar-refractivity contribution in [3.63, 3.8) is 0 Å². The molecule has 0 radical (unpaired) electrons. The van der Waals surface area contributed by atoms with Crippen molar-refractivity contribution in [2.45, 2.75) is 52.2 Å². The van der Waals surface area contributed by atoms with E-state index in [-0.39, 0.29) is 11.4 Å². The van der Waals surface area contributed by atoms with Crippen molar-refractivity contribution in [3.05, 3.63) is 60.2 Å². The Morgan fingerprint density at radius 3 is 2.24 bits per heavy atom. The standard InChI is InChI=1S/C29H32O4/c1-4-29(18-32-28(2,3)33-19-29)17-31-25(30)10-6-7-20-11-12-23-14-13-21-8-5-9-22-15-16-24(20)27(23)26(21)22/h5,8-9,11-16H,4,6-7,10,17-19H2,1-3H3. The Kier molecular flexibility index (Phi) is 5.75. The Hall–Kier alpha value is -2.69. The molecule has 0 saturated carbocycles. The molecule has 1 heterocycles. The minimum atomic E-state index is -0.566. The Morgan fingerprint density at radius 2 is 1.55 bits per heavy atom. The molecule has 1 aliphatic heterocycles. The summed E-state index contributed by atoms with van der Waals surface area (Å²) in [6.45, 7) is 7.36. The van der Waals surface area contributed by atoms with E-state index in [2.05, 4.69) is 61.5 Å². The van der Waals surface area contributed by atoms with Crippen LogP contribution in [0.15, 0.2) is 54.6 Å². The Balaban J connectivity index is 1.24. The molecule has 1 aliphatic rings. The second-order valence-electron chi connectivity index (χ2n) is 9.93. The molecule has 5 rings (SSSR count). The number of rotatable bonds is 7. The Morgan fingerprint density at radius 1 is 0.909 bits per heavy atom. The van der Waals surface area contributed by atoms with Gasteiger partial charge < -0.3 is 14.2 Å². The van der Waals surface area contributed by atoms with Crippen molar-refractivity contribution < 1.29 is 19.0 Å². The zero-order valence-electron chi connectivity index (χ0n) is 19.8. The van der Waals surface area contributed by atoms with E-state index in [1.807, 2.05) is 13.8 Å². The lowest BCUT2D eigenvalue weighted by atomic mass is 9.87. The smallest absolute Gasteiger partial charge is 0.305 e. The lowest BCUT2D eigenvalue weighted by molar-refractivity contribution is -0.291. The molecule has 0 aliphatic carbocycles. The summed E-state index contributed by atoms with van der Waals surface area (Å²) in [7, 11) is 0. The van der Waals surface area contributed by atoms with Gasteiger partial charge in [-0.15, -0.1) is 0 Å². The molecule has 0 atom stereocenters. The van der Waals surface area contributed by atoms with Crippen LogP contribution in [0, 0.1) is 5.41 Å². The van der Waals surface area contributed by atoms with Crippen LogP contribution in [0.25, 0.3) is 32.3 Å². The van der Waals surface area contributed by atoms with E-state index in [9.17, 15) is 4.79 Å². The molecule has 33 heavy (non-hydrogen) atoms. The summed E-state index contributed by atoms with van der Waals surface area (Å²) in [6, 6.07) is 19.7. The SMILES string of the molecule is CCC1(COC(=O)CCCc2ccc3ccc4cccc5ccc2c3c45)COC(C)(C)OC1. The van der Waals surface area contributed by atoms with Crippen molar-refractivity contribution >= 4 is 38.3 Å². The molecule has 0 amide bonds. The summed E-state index contributed by atoms with van der Waals surface area (Å²) >= 11 is 0. The van der Waals surface area contributed by atoms with Gasteiger partial charge in [0.05, 0.1) is 18.6 Å². The number of aryl methyl sites for hydroxylation is 1. The van der Waals surface area contributed by atoms with Gasteiger partial charge in [0, 0.05) is 6.42 Å². The molecular weight excluding hydrogens is 412 g/mol. The first-order valence-corrected chi connectivity index (χ1v) is 12.0. The van der Waals surface area contributed by atoms with E-state index in [4.69, 9.17) is 14.2 Å². The van der Waals surface area contributed by atoms with Gasteiger partial charge in [0.15, 0.2) is 5.79 Å². The molecule has 4 nitrogen and oxygen atoms in total. The summed E-state index contributed by atoms with van der Waals surface area (Å²) in [5, 5.41) is 7.76. The van der Waals surface area contributed by atoms with Gasteiger partial charge >= 0.3 is 5.97 Å². The van der Waals surface area contributed by atoms with E-state index >= 15 is 0 Å². The van der Waals surface area contributed by atoms with Crippen LogP contribution in [-0.2, 0) is 25.4 Å². The van der Waals surface area contributed by atoms with Gasteiger partial charge in [-0.3, -0.25) is 4.79 Å². The van der Waals surface area contributed by atoms with Crippen LogP contribution < -0.4 is 0 Å². The topological polar surface area (TPSA) is 44.8 Å². The van der Waals surface area contributed by atoms with Crippen LogP contribution in [0.4, 0.5) is 0 Å². The third kappa shape index (κ3) is 4.30. The number of esters is 1. The molecule has 4 aromatic rings. The van der Waals surface area contributed by atoms with Crippen LogP contribution in [0.2, 0.25) is 0 Å². The third-order valence-corrected chi connectivity index (χ3v) is 7.19. The highest BCUT2D eigenvalue weighted by molar-refractivity contribution is 6.23. The maximum Gasteiger partial charge on any atom is 0.305 e. The minimum absolute atomic E-state index is 0.148. The van der Waals surface area contributed by atoms with Crippen molar-refractivity contribution in [1.82, 2.24) is 0 Å². The highest BCUT2D eigenvalue weighted by Gasteiger charge is 2.40. The fraction of sp³-hybridized carbons (Fsp3) is 0.414. The maximum atomic E-state index is 12.5. The molecule has 172 valence electrons. The van der Waals surface area contributed by atoms with Crippen molar-refractivity contribution in [2.75, 3.05) is 19.8 Å². The molecule has 1 saturated heterocycles. The molecule has 4 aromatic carbocycles. The summed E-state index contributed by atoms with van der Waals surface area (Å²) in [5.41, 5.74) is 1.03. The molecule has 4 heteroatoms. The average molecular weight is 445 g/mol. The monoisotopic (exact) mass is 444 g/mol. The average Bonchev–Trinajstić information content (AvgIpc) is 2.83. The van der Waals surface area contributed by atoms with Gasteiger partial charge in [-0.05, 0) is 71.0 Å². The first-order valence-electron chi connectivity index (χ1n) is 12.0. The molecule has 0 bridgehead atoms. The fourth-order valence-corrected chi connectivity index (χ4v) is 4.87. The molecular formula is C29H32O4. The van der Waals surface area contributed by atoms with Crippen LogP contribution in [0.1, 0.15) is 45.6 Å². The largest absolute Gasteiger partial charge is 0.465 e. The van der Waals surface area contributed by atoms with E-state index in [0.29, 0.717) is 26.2 Å². The molecule has 0 unspecified atom stereocenters. The first kappa shape index (κ1) is 22.1. The van der Waals surface area contributed by atoms with E-state index in [1.165, 1.54) is 37.9 Å². The Labute approximate surface area is 195 Å². The van der Waals surface area contributed by atoms with E-state index < -0.39 is 5.79 Å². The van der Waals surface area contributed by atoms with Crippen molar-refractivity contribution in [1.29, 1.82) is 0 Å². The van der Waals surface area contributed by atoms with Crippen molar-refractivity contribution in [2.24, 2.45) is 5.41 Å². The number of hydrogen-bond donors (Lipinski definition) is 0. The molecule has 0 spiro atoms. The van der Waals surface area contributed by atoms with Gasteiger partial charge in [0.1, 0.15) is 6.61 Å². The number of carbonyl (C=O) groups excluding carboxylic acids is 1. The highest BCUT2D eigenvalue weighted by atomic mass is 16.7. The molecule has 0 aromatic heterocycles. The van der Waals surface area contributed by atoms with Crippen LogP contribution in [0.3, 0.4) is 0 Å². The van der Waals surface area contributed by atoms with Crippen LogP contribution in [-0.4, -0.2) is 31.6 Å². The normalized spacial score (nSPS) is 17.7. The molecule has 1 fully saturated rings. The van der Waals surface area contributed by atoms with Gasteiger partial charge in [-0.2, -0.15) is 0 Å². The fourth-order valence-electron chi connectivity index (χ4n) is 4.87. The van der Waals surface area contributed by atoms with Gasteiger partial charge in [0.25, 0.3) is 0 Å². The number of ether oxygens (including phenoxy) is 3. The number of hydrogen-bond acceptors (Lipinski definition) is 4. The van der Waals surface area contributed by atoms with Crippen LogP contribution >= 0.6 is 0 Å². The number of benzene rings is 4. The predicted molar refractivity (Wildman–Crippen MR) is 133 cm³/mol. The lowest BCUT2D eigenvalue weighted by Crippen LogP contribution is -2.48. The van der Waals surface area contributed by atoms with Gasteiger partial charge in [-0.25, -0.2) is 0 Å². The summed E-state index contributed by atoms with van der Waals surface area (Å²) in [6.07, 6.45) is 2.87. The number of carbonyl (C=O) groups is 1. The summed E-state index contributed by atoms with van der Waals surface area (Å²) in [5.74, 6) is -0.714. The third-order valence-electron chi connectivity index (χ3n) is 7.19. The lowest BCUT2D eigenvalue weighted by Gasteiger charge is -2.42. The quantitative estimate of drug-likeness (QED) is 0.237. The second kappa shape index (κ2) is 8.58. The van der Waals surface area contributed by atoms with Gasteiger partial charge in [0.2, 0.25) is 0 Å². The summed E-state index contributed by atoms with van der Waals surface area (Å²) in [4.78, 5) is 12.5. The minimum Gasteiger partial charge on any atom is -0.465 e. The molecule has 0 N–H and O–H groups in total. The maximum absolute atomic E-state index is 12.5. The van der Waals surface area contributed by atoms with E-state index in [0.717, 1.165) is 19.3 Å². The second-order valence-corrected chi connectivity index (χ2v) is 9.93. The van der Waals surface area contributed by atoms with E-state index in [1.54, 1.807) is 0 Å². The van der Waals surface area contributed by atoms with Gasteiger partial charge in [-0.1, -0.05) is 61.5 Å². The predicted octanol–water partition coefficient (Wildman–Crippen LogP) is 6.63. The zero-order chi connectivity index (χ0) is 23.1. The van der Waals surface area contributed by atoms with Crippen molar-refractivity contribution in [3.8, 4) is 0 Å². The first-order chi connectivity index (χ1) is 15.9.